The van der Waals surface area contributed by atoms with Crippen LogP contribution >= 0.6 is 11.6 Å². The SMILES string of the molecule is CCCCNC(=O)Nc1ccc(Cl)c(C(=O)O)c1. The molecular formula is C12H15ClN2O3. The molecular weight excluding hydrogens is 256 g/mol. The number of aromatic carboxylic acids is 1. The van der Waals surface area contributed by atoms with Crippen molar-refractivity contribution in [3.8, 4) is 0 Å². The third-order valence-corrected chi connectivity index (χ3v) is 2.60. The van der Waals surface area contributed by atoms with Crippen molar-refractivity contribution < 1.29 is 14.7 Å². The monoisotopic (exact) mass is 270 g/mol. The average molecular weight is 271 g/mol. The van der Waals surface area contributed by atoms with Gasteiger partial charge in [-0.25, -0.2) is 9.59 Å². The van der Waals surface area contributed by atoms with Crippen molar-refractivity contribution in [2.24, 2.45) is 0 Å². The summed E-state index contributed by atoms with van der Waals surface area (Å²) in [6.45, 7) is 2.61. The van der Waals surface area contributed by atoms with Gasteiger partial charge in [-0.2, -0.15) is 0 Å². The van der Waals surface area contributed by atoms with Crippen LogP contribution in [0.3, 0.4) is 0 Å². The predicted octanol–water partition coefficient (Wildman–Crippen LogP) is 2.96. The first kappa shape index (κ1) is 14.3. The third-order valence-electron chi connectivity index (χ3n) is 2.27. The lowest BCUT2D eigenvalue weighted by Crippen LogP contribution is -2.29. The normalized spacial score (nSPS) is 9.89. The van der Waals surface area contributed by atoms with Crippen LogP contribution in [-0.2, 0) is 0 Å². The van der Waals surface area contributed by atoms with Crippen molar-refractivity contribution in [3.05, 3.63) is 28.8 Å². The Bertz CT molecular complexity index is 449. The largest absolute Gasteiger partial charge is 0.478 e. The van der Waals surface area contributed by atoms with Crippen molar-refractivity contribution >= 4 is 29.3 Å². The van der Waals surface area contributed by atoms with E-state index in [1.807, 2.05) is 6.92 Å². The molecule has 0 saturated heterocycles. The molecule has 0 heterocycles. The highest BCUT2D eigenvalue weighted by Gasteiger charge is 2.10. The highest BCUT2D eigenvalue weighted by atomic mass is 35.5. The van der Waals surface area contributed by atoms with Crippen molar-refractivity contribution in [1.82, 2.24) is 5.32 Å². The van der Waals surface area contributed by atoms with E-state index in [4.69, 9.17) is 16.7 Å². The van der Waals surface area contributed by atoms with E-state index in [1.54, 1.807) is 6.07 Å². The lowest BCUT2D eigenvalue weighted by Gasteiger charge is -2.08. The number of amides is 2. The molecule has 0 unspecified atom stereocenters. The molecule has 0 spiro atoms. The van der Waals surface area contributed by atoms with Crippen molar-refractivity contribution in [1.29, 1.82) is 0 Å². The summed E-state index contributed by atoms with van der Waals surface area (Å²) >= 11 is 5.72. The smallest absolute Gasteiger partial charge is 0.337 e. The first-order valence-electron chi connectivity index (χ1n) is 5.62. The van der Waals surface area contributed by atoms with Gasteiger partial charge in [-0.3, -0.25) is 0 Å². The standard InChI is InChI=1S/C12H15ClN2O3/c1-2-3-6-14-12(18)15-8-4-5-10(13)9(7-8)11(16)17/h4-5,7H,2-3,6H2,1H3,(H,16,17)(H2,14,15,18). The Morgan fingerprint density at radius 2 is 2.11 bits per heavy atom. The van der Waals surface area contributed by atoms with E-state index in [-0.39, 0.29) is 16.6 Å². The van der Waals surface area contributed by atoms with E-state index in [9.17, 15) is 9.59 Å². The van der Waals surface area contributed by atoms with Crippen molar-refractivity contribution in [2.75, 3.05) is 11.9 Å². The number of rotatable bonds is 5. The van der Waals surface area contributed by atoms with Crippen LogP contribution in [0.5, 0.6) is 0 Å². The lowest BCUT2D eigenvalue weighted by atomic mass is 10.2. The Balaban J connectivity index is 2.65. The molecule has 6 heteroatoms. The highest BCUT2D eigenvalue weighted by Crippen LogP contribution is 2.20. The van der Waals surface area contributed by atoms with Gasteiger partial charge in [0, 0.05) is 12.2 Å². The van der Waals surface area contributed by atoms with Gasteiger partial charge in [0.1, 0.15) is 0 Å². The molecule has 0 atom stereocenters. The van der Waals surface area contributed by atoms with Crippen LogP contribution in [0.15, 0.2) is 18.2 Å². The van der Waals surface area contributed by atoms with E-state index in [2.05, 4.69) is 10.6 Å². The zero-order valence-electron chi connectivity index (χ0n) is 10.00. The lowest BCUT2D eigenvalue weighted by molar-refractivity contribution is 0.0697. The number of halogens is 1. The van der Waals surface area contributed by atoms with Crippen LogP contribution in [0.1, 0.15) is 30.1 Å². The van der Waals surface area contributed by atoms with Gasteiger partial charge >= 0.3 is 12.0 Å². The third kappa shape index (κ3) is 4.25. The van der Waals surface area contributed by atoms with E-state index >= 15 is 0 Å². The summed E-state index contributed by atoms with van der Waals surface area (Å²) in [6.07, 6.45) is 1.89. The number of nitrogens with one attached hydrogen (secondary N) is 2. The zero-order chi connectivity index (χ0) is 13.5. The molecule has 0 aromatic heterocycles. The molecule has 1 aromatic carbocycles. The topological polar surface area (TPSA) is 78.4 Å². The summed E-state index contributed by atoms with van der Waals surface area (Å²) < 4.78 is 0. The summed E-state index contributed by atoms with van der Waals surface area (Å²) in [5.41, 5.74) is 0.355. The maximum Gasteiger partial charge on any atom is 0.337 e. The molecule has 0 aliphatic heterocycles. The van der Waals surface area contributed by atoms with Crippen LogP contribution < -0.4 is 10.6 Å². The number of carbonyl (C=O) groups is 2. The Morgan fingerprint density at radius 3 is 2.72 bits per heavy atom. The Labute approximate surface area is 110 Å². The highest BCUT2D eigenvalue weighted by molar-refractivity contribution is 6.33. The fraction of sp³-hybridized carbons (Fsp3) is 0.333. The van der Waals surface area contributed by atoms with Gasteiger partial charge in [0.25, 0.3) is 0 Å². The van der Waals surface area contributed by atoms with Gasteiger partial charge < -0.3 is 15.7 Å². The summed E-state index contributed by atoms with van der Waals surface area (Å²) in [5, 5.41) is 14.2. The predicted molar refractivity (Wildman–Crippen MR) is 70.3 cm³/mol. The molecule has 0 bridgehead atoms. The molecule has 98 valence electrons. The number of hydrogen-bond donors (Lipinski definition) is 3. The van der Waals surface area contributed by atoms with Gasteiger partial charge in [-0.1, -0.05) is 24.9 Å². The van der Waals surface area contributed by atoms with Crippen LogP contribution in [0.4, 0.5) is 10.5 Å². The molecule has 0 radical (unpaired) electrons. The van der Waals surface area contributed by atoms with E-state index in [0.717, 1.165) is 12.8 Å². The van der Waals surface area contributed by atoms with Gasteiger partial charge in [0.15, 0.2) is 0 Å². The first-order chi connectivity index (χ1) is 8.54. The summed E-state index contributed by atoms with van der Waals surface area (Å²) in [4.78, 5) is 22.3. The van der Waals surface area contributed by atoms with E-state index in [0.29, 0.717) is 12.2 Å². The molecule has 18 heavy (non-hydrogen) atoms. The average Bonchev–Trinajstić information content (AvgIpc) is 2.31. The Hall–Kier alpha value is -1.75. The second-order valence-electron chi connectivity index (χ2n) is 3.73. The molecule has 3 N–H and O–H groups in total. The minimum Gasteiger partial charge on any atom is -0.478 e. The number of carboxylic acid groups (broad SMARTS) is 1. The quantitative estimate of drug-likeness (QED) is 0.720. The maximum atomic E-state index is 11.5. The van der Waals surface area contributed by atoms with Crippen molar-refractivity contribution in [2.45, 2.75) is 19.8 Å². The number of hydrogen-bond acceptors (Lipinski definition) is 2. The molecule has 0 aliphatic carbocycles. The summed E-state index contributed by atoms with van der Waals surface area (Å²) in [7, 11) is 0. The summed E-state index contributed by atoms with van der Waals surface area (Å²) in [5.74, 6) is -1.13. The maximum absolute atomic E-state index is 11.5. The zero-order valence-corrected chi connectivity index (χ0v) is 10.8. The van der Waals surface area contributed by atoms with E-state index in [1.165, 1.54) is 12.1 Å². The van der Waals surface area contributed by atoms with Crippen molar-refractivity contribution in [3.63, 3.8) is 0 Å². The van der Waals surface area contributed by atoms with Gasteiger partial charge in [0.05, 0.1) is 10.6 Å². The number of carboxylic acids is 1. The Kier molecular flexibility index (Phi) is 5.45. The van der Waals surface area contributed by atoms with Gasteiger partial charge in [-0.15, -0.1) is 0 Å². The summed E-state index contributed by atoms with van der Waals surface area (Å²) in [6, 6.07) is 3.95. The minimum atomic E-state index is -1.13. The molecule has 1 rings (SSSR count). The fourth-order valence-electron chi connectivity index (χ4n) is 1.32. The van der Waals surface area contributed by atoms with Crippen LogP contribution in [0, 0.1) is 0 Å². The Morgan fingerprint density at radius 1 is 1.39 bits per heavy atom. The fourth-order valence-corrected chi connectivity index (χ4v) is 1.52. The molecule has 5 nitrogen and oxygen atoms in total. The number of carbonyl (C=O) groups excluding carboxylic acids is 1. The van der Waals surface area contributed by atoms with Crippen LogP contribution in [0.25, 0.3) is 0 Å². The van der Waals surface area contributed by atoms with Crippen LogP contribution in [0.2, 0.25) is 5.02 Å². The second-order valence-corrected chi connectivity index (χ2v) is 4.14. The molecule has 1 aromatic rings. The van der Waals surface area contributed by atoms with Crippen LogP contribution in [-0.4, -0.2) is 23.7 Å². The van der Waals surface area contributed by atoms with Gasteiger partial charge in [-0.05, 0) is 24.6 Å². The van der Waals surface area contributed by atoms with E-state index < -0.39 is 5.97 Å². The molecule has 2 amide bonds. The number of urea groups is 1. The number of anilines is 1. The minimum absolute atomic E-state index is 0.0389. The molecule has 0 aliphatic rings. The second kappa shape index (κ2) is 6.86. The van der Waals surface area contributed by atoms with Gasteiger partial charge in [0.2, 0.25) is 0 Å². The molecule has 0 fully saturated rings. The molecule has 0 saturated carbocycles. The number of benzene rings is 1. The number of unbranched alkanes of at least 4 members (excludes halogenated alkanes) is 1. The first-order valence-corrected chi connectivity index (χ1v) is 6.00.